The molecule has 0 bridgehead atoms. The Morgan fingerprint density at radius 1 is 0.887 bits per heavy atom. The summed E-state index contributed by atoms with van der Waals surface area (Å²) in [6, 6.07) is 9.47. The Morgan fingerprint density at radius 2 is 1.65 bits per heavy atom. The number of benzene rings is 2. The van der Waals surface area contributed by atoms with E-state index in [0.717, 1.165) is 104 Å². The fourth-order valence-corrected chi connectivity index (χ4v) is 11.1. The average molecular weight is 849 g/mol. The molecule has 15 nitrogen and oxygen atoms in total. The van der Waals surface area contributed by atoms with Crippen molar-refractivity contribution >= 4 is 29.4 Å². The molecule has 1 aliphatic carbocycles. The first kappa shape index (κ1) is 41.9. The molecule has 3 saturated heterocycles. The summed E-state index contributed by atoms with van der Waals surface area (Å²) in [5.41, 5.74) is 7.33. The fraction of sp³-hybridized carbons (Fsp3) is 0.553. The first-order valence-corrected chi connectivity index (χ1v) is 22.4. The van der Waals surface area contributed by atoms with E-state index in [1.807, 2.05) is 18.3 Å². The van der Waals surface area contributed by atoms with Gasteiger partial charge in [0, 0.05) is 107 Å². The van der Waals surface area contributed by atoms with E-state index in [2.05, 4.69) is 43.5 Å². The first-order chi connectivity index (χ1) is 30.0. The molecule has 1 aromatic heterocycles. The monoisotopic (exact) mass is 848 g/mol. The Morgan fingerprint density at radius 3 is 2.32 bits per heavy atom. The Bertz CT molecular complexity index is 2310. The highest BCUT2D eigenvalue weighted by Crippen LogP contribution is 2.45. The van der Waals surface area contributed by atoms with Crippen molar-refractivity contribution in [2.24, 2.45) is 13.0 Å². The Hall–Kier alpha value is -5.41. The van der Waals surface area contributed by atoms with Crippen molar-refractivity contribution in [2.75, 3.05) is 72.0 Å². The van der Waals surface area contributed by atoms with Crippen LogP contribution >= 0.6 is 0 Å². The molecule has 4 fully saturated rings. The number of aromatic nitrogens is 1. The maximum absolute atomic E-state index is 13.3. The number of hydrogen-bond donors (Lipinski definition) is 2. The van der Waals surface area contributed by atoms with Crippen molar-refractivity contribution in [3.8, 4) is 22.6 Å². The van der Waals surface area contributed by atoms with Crippen molar-refractivity contribution in [3.63, 3.8) is 0 Å². The van der Waals surface area contributed by atoms with Gasteiger partial charge >= 0.3 is 6.03 Å². The molecule has 330 valence electrons. The highest BCUT2D eigenvalue weighted by atomic mass is 16.5. The van der Waals surface area contributed by atoms with Crippen LogP contribution in [0.15, 0.2) is 41.3 Å². The lowest BCUT2D eigenvalue weighted by Gasteiger charge is -2.56. The molecule has 1 atom stereocenters. The zero-order chi connectivity index (χ0) is 43.3. The molecule has 6 heterocycles. The van der Waals surface area contributed by atoms with E-state index < -0.39 is 6.04 Å². The van der Waals surface area contributed by atoms with Crippen LogP contribution < -0.4 is 30.6 Å². The van der Waals surface area contributed by atoms with Gasteiger partial charge in [0.2, 0.25) is 11.8 Å². The number of fused-ring (bicyclic) bond motifs is 2. The number of rotatable bonds is 10. The highest BCUT2D eigenvalue weighted by molar-refractivity contribution is 6.05. The van der Waals surface area contributed by atoms with E-state index in [0.29, 0.717) is 43.0 Å². The molecule has 1 spiro atoms. The zero-order valence-corrected chi connectivity index (χ0v) is 36.6. The van der Waals surface area contributed by atoms with Gasteiger partial charge in [-0.05, 0) is 111 Å². The van der Waals surface area contributed by atoms with Gasteiger partial charge in [-0.3, -0.25) is 29.4 Å². The van der Waals surface area contributed by atoms with Crippen LogP contribution in [0.1, 0.15) is 84.0 Å². The topological polar surface area (TPSA) is 149 Å². The van der Waals surface area contributed by atoms with Crippen molar-refractivity contribution in [2.45, 2.75) is 89.0 Å². The van der Waals surface area contributed by atoms with Crippen LogP contribution in [0.4, 0.5) is 10.5 Å². The van der Waals surface area contributed by atoms with Crippen molar-refractivity contribution < 1.29 is 28.7 Å². The van der Waals surface area contributed by atoms with Crippen molar-refractivity contribution in [3.05, 3.63) is 74.7 Å². The second-order valence-corrected chi connectivity index (χ2v) is 18.2. The standard InChI is InChI=1S/C47H60N8O7/c1-48-46(60)53-19-13-35-36(26-50(2)44(58)37(35)27-53)31-23-40(61-3)38(41(24-31)62-4)28-54-21-20-51(29-47(54)14-5-15-47)16-10-30-11-17-52(18-12-30)33-6-7-34-32(22-33)25-55(45(34)59)39-8-9-42(56)49-43(39)57/h6-7,22-24,26,30,39H,5,8-21,25,27-29H2,1-4H3,(H,48,60)(H,49,56,57). The summed E-state index contributed by atoms with van der Waals surface area (Å²) in [7, 11) is 6.81. The molecule has 2 aromatic carbocycles. The van der Waals surface area contributed by atoms with Crippen molar-refractivity contribution in [1.82, 2.24) is 34.8 Å². The van der Waals surface area contributed by atoms with Gasteiger partial charge in [0.05, 0.1) is 26.3 Å². The van der Waals surface area contributed by atoms with Crippen LogP contribution in [0.5, 0.6) is 11.5 Å². The van der Waals surface area contributed by atoms with E-state index in [1.165, 1.54) is 25.7 Å². The smallest absolute Gasteiger partial charge is 0.317 e. The first-order valence-electron chi connectivity index (χ1n) is 22.4. The summed E-state index contributed by atoms with van der Waals surface area (Å²) in [6.07, 6.45) is 10.2. The third kappa shape index (κ3) is 7.71. The van der Waals surface area contributed by atoms with Gasteiger partial charge in [0.15, 0.2) is 0 Å². The number of aryl methyl sites for hydroxylation is 1. The number of nitrogens with one attached hydrogen (secondary N) is 2. The van der Waals surface area contributed by atoms with Crippen molar-refractivity contribution in [1.29, 1.82) is 0 Å². The second kappa shape index (κ2) is 17.0. The maximum atomic E-state index is 13.3. The Balaban J connectivity index is 0.815. The Kier molecular flexibility index (Phi) is 11.5. The molecule has 3 aromatic rings. The minimum atomic E-state index is -0.600. The van der Waals surface area contributed by atoms with E-state index in [9.17, 15) is 24.0 Å². The van der Waals surface area contributed by atoms with Gasteiger partial charge in [-0.25, -0.2) is 4.79 Å². The third-order valence-electron chi connectivity index (χ3n) is 14.8. The molecule has 9 rings (SSSR count). The average Bonchev–Trinajstić information content (AvgIpc) is 3.60. The minimum absolute atomic E-state index is 0.0849. The third-order valence-corrected chi connectivity index (χ3v) is 14.8. The second-order valence-electron chi connectivity index (χ2n) is 18.2. The number of carbonyl (C=O) groups is 4. The number of nitrogens with zero attached hydrogens (tertiary/aromatic N) is 6. The van der Waals surface area contributed by atoms with Gasteiger partial charge in [-0.2, -0.15) is 0 Å². The van der Waals surface area contributed by atoms with Crippen LogP contribution in [-0.4, -0.2) is 127 Å². The van der Waals surface area contributed by atoms with Crippen LogP contribution in [0.2, 0.25) is 0 Å². The van der Waals surface area contributed by atoms with Gasteiger partial charge in [-0.15, -0.1) is 0 Å². The van der Waals surface area contributed by atoms with E-state index in [4.69, 9.17) is 9.47 Å². The van der Waals surface area contributed by atoms with Crippen LogP contribution in [0, 0.1) is 5.92 Å². The number of carbonyl (C=O) groups excluding carboxylic acids is 4. The molecule has 5 aliphatic heterocycles. The fourth-order valence-electron chi connectivity index (χ4n) is 11.1. The quantitative estimate of drug-likeness (QED) is 0.288. The molecular formula is C47H60N8O7. The van der Waals surface area contributed by atoms with Gasteiger partial charge in [-0.1, -0.05) is 0 Å². The van der Waals surface area contributed by atoms with E-state index in [-0.39, 0.29) is 47.8 Å². The summed E-state index contributed by atoms with van der Waals surface area (Å²) in [6.45, 7) is 8.06. The molecule has 1 unspecified atom stereocenters. The number of methoxy groups -OCH3 is 2. The molecule has 2 N–H and O–H groups in total. The molecule has 62 heavy (non-hydrogen) atoms. The van der Waals surface area contributed by atoms with Gasteiger partial charge in [0.25, 0.3) is 11.5 Å². The number of piperazine rings is 1. The maximum Gasteiger partial charge on any atom is 0.317 e. The highest BCUT2D eigenvalue weighted by Gasteiger charge is 2.46. The van der Waals surface area contributed by atoms with E-state index >= 15 is 0 Å². The van der Waals surface area contributed by atoms with Gasteiger partial charge < -0.3 is 39.0 Å². The number of urea groups is 1. The predicted octanol–water partition coefficient (Wildman–Crippen LogP) is 3.88. The number of amides is 5. The number of pyridine rings is 1. The normalized spacial score (nSPS) is 21.7. The molecule has 15 heteroatoms. The number of imide groups is 1. The number of piperidine rings is 2. The summed E-state index contributed by atoms with van der Waals surface area (Å²) >= 11 is 0. The molecular weight excluding hydrogens is 789 g/mol. The summed E-state index contributed by atoms with van der Waals surface area (Å²) < 4.78 is 13.8. The van der Waals surface area contributed by atoms with E-state index in [1.54, 1.807) is 42.7 Å². The predicted molar refractivity (Wildman–Crippen MR) is 234 cm³/mol. The SMILES string of the molecule is CNC(=O)N1CCc2c(-c3cc(OC)c(CN4CCN(CCC5CCN(c6ccc7c(c6)CN(C6CCC(=O)NC6=O)C7=O)CC5)CC45CCC5)c(OC)c3)cn(C)c(=O)c2C1. The molecule has 1 saturated carbocycles. The number of hydrogen-bond acceptors (Lipinski definition) is 10. The van der Waals surface area contributed by atoms with Crippen LogP contribution in [-0.2, 0) is 42.7 Å². The number of anilines is 1. The summed E-state index contributed by atoms with van der Waals surface area (Å²) in [5, 5.41) is 5.08. The van der Waals surface area contributed by atoms with Crippen LogP contribution in [0.3, 0.4) is 0 Å². The summed E-state index contributed by atoms with van der Waals surface area (Å²) in [4.78, 5) is 74.3. The zero-order valence-electron chi connectivity index (χ0n) is 36.6. The summed E-state index contributed by atoms with van der Waals surface area (Å²) in [5.74, 6) is 1.43. The lowest BCUT2D eigenvalue weighted by molar-refractivity contribution is -0.136. The number of ether oxygens (including phenoxy) is 2. The molecule has 5 amide bonds. The lowest BCUT2D eigenvalue weighted by Crippen LogP contribution is -2.65. The molecule has 0 radical (unpaired) electrons. The lowest BCUT2D eigenvalue weighted by atomic mass is 9.73. The van der Waals surface area contributed by atoms with Gasteiger partial charge in [0.1, 0.15) is 17.5 Å². The largest absolute Gasteiger partial charge is 0.496 e. The van der Waals surface area contributed by atoms with Crippen LogP contribution in [0.25, 0.3) is 11.1 Å². The molecule has 6 aliphatic rings. The Labute approximate surface area is 363 Å². The minimum Gasteiger partial charge on any atom is -0.496 e.